The Bertz CT molecular complexity index is 501. The Balaban J connectivity index is 2.79. The lowest BCUT2D eigenvalue weighted by atomic mass is 10.1. The molecule has 0 N–H and O–H groups in total. The van der Waals surface area contributed by atoms with Crippen LogP contribution in [-0.2, 0) is 20.7 Å². The summed E-state index contributed by atoms with van der Waals surface area (Å²) < 4.78 is 14.9. The molecule has 0 heterocycles. The second-order valence-corrected chi connectivity index (χ2v) is 4.35. The fourth-order valence-electron chi connectivity index (χ4n) is 1.87. The van der Waals surface area contributed by atoms with Crippen LogP contribution in [0, 0.1) is 0 Å². The van der Waals surface area contributed by atoms with Crippen LogP contribution in [0.3, 0.4) is 0 Å². The van der Waals surface area contributed by atoms with Crippen molar-refractivity contribution in [2.75, 3.05) is 34.4 Å². The summed E-state index contributed by atoms with van der Waals surface area (Å²) in [4.78, 5) is 24.9. The zero-order valence-electron chi connectivity index (χ0n) is 12.8. The molecule has 116 valence electrons. The number of rotatable bonds is 7. The molecule has 0 spiro atoms. The van der Waals surface area contributed by atoms with E-state index in [1.165, 1.54) is 12.0 Å². The highest BCUT2D eigenvalue weighted by atomic mass is 16.5. The van der Waals surface area contributed by atoms with Crippen molar-refractivity contribution in [3.8, 4) is 11.5 Å². The number of benzene rings is 1. The first-order chi connectivity index (χ1) is 10.0. The van der Waals surface area contributed by atoms with Gasteiger partial charge in [0, 0.05) is 6.54 Å². The first-order valence-electron chi connectivity index (χ1n) is 6.61. The van der Waals surface area contributed by atoms with Crippen LogP contribution >= 0.6 is 0 Å². The van der Waals surface area contributed by atoms with Crippen molar-refractivity contribution in [3.63, 3.8) is 0 Å². The average Bonchev–Trinajstić information content (AvgIpc) is 2.51. The normalized spacial score (nSPS) is 9.90. The number of methoxy groups -OCH3 is 3. The van der Waals surface area contributed by atoms with Gasteiger partial charge in [0.1, 0.15) is 6.54 Å². The molecule has 0 radical (unpaired) electrons. The molecule has 1 aromatic rings. The van der Waals surface area contributed by atoms with Crippen molar-refractivity contribution in [2.45, 2.75) is 13.3 Å². The minimum atomic E-state index is -0.433. The topological polar surface area (TPSA) is 65.1 Å². The molecule has 0 saturated carbocycles. The minimum Gasteiger partial charge on any atom is -0.493 e. The van der Waals surface area contributed by atoms with Gasteiger partial charge in [0.05, 0.1) is 27.8 Å². The summed E-state index contributed by atoms with van der Waals surface area (Å²) in [5.74, 6) is 0.599. The largest absolute Gasteiger partial charge is 0.493 e. The van der Waals surface area contributed by atoms with E-state index >= 15 is 0 Å². The molecular formula is C15H21NO5. The predicted octanol–water partition coefficient (Wildman–Crippen LogP) is 1.27. The molecule has 1 rings (SSSR count). The van der Waals surface area contributed by atoms with Gasteiger partial charge in [-0.15, -0.1) is 0 Å². The number of esters is 1. The Labute approximate surface area is 124 Å². The summed E-state index contributed by atoms with van der Waals surface area (Å²) in [7, 11) is 4.39. The molecule has 0 saturated heterocycles. The monoisotopic (exact) mass is 295 g/mol. The number of hydrogen-bond acceptors (Lipinski definition) is 5. The van der Waals surface area contributed by atoms with Crippen LogP contribution < -0.4 is 9.47 Å². The molecular weight excluding hydrogens is 274 g/mol. The number of nitrogens with zero attached hydrogens (tertiary/aromatic N) is 1. The number of carbonyl (C=O) groups excluding carboxylic acids is 2. The van der Waals surface area contributed by atoms with Gasteiger partial charge in [-0.2, -0.15) is 0 Å². The molecule has 21 heavy (non-hydrogen) atoms. The van der Waals surface area contributed by atoms with Gasteiger partial charge in [0.15, 0.2) is 11.5 Å². The summed E-state index contributed by atoms with van der Waals surface area (Å²) in [6.45, 7) is 2.22. The molecule has 0 unspecified atom stereocenters. The van der Waals surface area contributed by atoms with Crippen molar-refractivity contribution in [3.05, 3.63) is 23.8 Å². The Morgan fingerprint density at radius 2 is 1.76 bits per heavy atom. The van der Waals surface area contributed by atoms with Crippen LogP contribution in [-0.4, -0.2) is 51.2 Å². The van der Waals surface area contributed by atoms with E-state index in [-0.39, 0.29) is 18.9 Å². The highest BCUT2D eigenvalue weighted by molar-refractivity contribution is 5.83. The van der Waals surface area contributed by atoms with Crippen LogP contribution in [0.4, 0.5) is 0 Å². The van der Waals surface area contributed by atoms with E-state index in [2.05, 4.69) is 4.74 Å². The van der Waals surface area contributed by atoms with Crippen LogP contribution in [0.25, 0.3) is 0 Å². The molecule has 1 amide bonds. The van der Waals surface area contributed by atoms with Gasteiger partial charge in [0.25, 0.3) is 0 Å². The first-order valence-corrected chi connectivity index (χ1v) is 6.61. The predicted molar refractivity (Wildman–Crippen MR) is 77.5 cm³/mol. The lowest BCUT2D eigenvalue weighted by molar-refractivity contribution is -0.146. The fraction of sp³-hybridized carbons (Fsp3) is 0.467. The maximum absolute atomic E-state index is 12.2. The van der Waals surface area contributed by atoms with E-state index in [1.807, 2.05) is 6.92 Å². The molecule has 0 bridgehead atoms. The van der Waals surface area contributed by atoms with Crippen molar-refractivity contribution >= 4 is 11.9 Å². The number of hydrogen-bond donors (Lipinski definition) is 0. The highest BCUT2D eigenvalue weighted by Gasteiger charge is 2.17. The van der Waals surface area contributed by atoms with E-state index in [1.54, 1.807) is 32.4 Å². The molecule has 0 atom stereocenters. The van der Waals surface area contributed by atoms with Gasteiger partial charge in [-0.1, -0.05) is 6.07 Å². The van der Waals surface area contributed by atoms with Crippen LogP contribution in [0.2, 0.25) is 0 Å². The zero-order valence-corrected chi connectivity index (χ0v) is 12.8. The third-order valence-electron chi connectivity index (χ3n) is 3.09. The number of carbonyl (C=O) groups is 2. The van der Waals surface area contributed by atoms with E-state index in [0.717, 1.165) is 5.56 Å². The van der Waals surface area contributed by atoms with Gasteiger partial charge in [-0.3, -0.25) is 9.59 Å². The fourth-order valence-corrected chi connectivity index (χ4v) is 1.87. The molecule has 0 aromatic heterocycles. The molecule has 0 aliphatic heterocycles. The number of amides is 1. The van der Waals surface area contributed by atoms with Gasteiger partial charge >= 0.3 is 5.97 Å². The molecule has 0 fully saturated rings. The van der Waals surface area contributed by atoms with E-state index < -0.39 is 5.97 Å². The smallest absolute Gasteiger partial charge is 0.325 e. The van der Waals surface area contributed by atoms with Crippen LogP contribution in [0.1, 0.15) is 12.5 Å². The van der Waals surface area contributed by atoms with E-state index in [0.29, 0.717) is 18.0 Å². The van der Waals surface area contributed by atoms with Gasteiger partial charge in [0.2, 0.25) is 5.91 Å². The highest BCUT2D eigenvalue weighted by Crippen LogP contribution is 2.27. The van der Waals surface area contributed by atoms with Crippen molar-refractivity contribution in [2.24, 2.45) is 0 Å². The average molecular weight is 295 g/mol. The quantitative estimate of drug-likeness (QED) is 0.709. The second kappa shape index (κ2) is 8.14. The summed E-state index contributed by atoms with van der Waals surface area (Å²) in [5, 5.41) is 0. The third-order valence-corrected chi connectivity index (χ3v) is 3.09. The summed E-state index contributed by atoms with van der Waals surface area (Å²) in [5.41, 5.74) is 0.793. The number of ether oxygens (including phenoxy) is 3. The molecule has 0 aliphatic carbocycles. The van der Waals surface area contributed by atoms with E-state index in [9.17, 15) is 9.59 Å². The second-order valence-electron chi connectivity index (χ2n) is 4.35. The van der Waals surface area contributed by atoms with Crippen LogP contribution in [0.15, 0.2) is 18.2 Å². The number of likely N-dealkylation sites (N-methyl/N-ethyl adjacent to an activating group) is 1. The minimum absolute atomic E-state index is 0.0425. The molecule has 6 nitrogen and oxygen atoms in total. The summed E-state index contributed by atoms with van der Waals surface area (Å²) in [6.07, 6.45) is 0.186. The maximum atomic E-state index is 12.2. The maximum Gasteiger partial charge on any atom is 0.325 e. The first kappa shape index (κ1) is 16.8. The van der Waals surface area contributed by atoms with Crippen LogP contribution in [0.5, 0.6) is 11.5 Å². The Morgan fingerprint density at radius 3 is 2.29 bits per heavy atom. The van der Waals surface area contributed by atoms with Crippen molar-refractivity contribution in [1.82, 2.24) is 4.90 Å². The lowest BCUT2D eigenvalue weighted by Gasteiger charge is -2.19. The van der Waals surface area contributed by atoms with Gasteiger partial charge < -0.3 is 19.1 Å². The van der Waals surface area contributed by atoms with Gasteiger partial charge in [-0.05, 0) is 24.6 Å². The van der Waals surface area contributed by atoms with Crippen molar-refractivity contribution in [1.29, 1.82) is 0 Å². The SMILES string of the molecule is CCN(CC(=O)OC)C(=O)Cc1ccc(OC)c(OC)c1. The molecule has 0 aliphatic rings. The standard InChI is InChI=1S/C15H21NO5/c1-5-16(10-15(18)21-4)14(17)9-11-6-7-12(19-2)13(8-11)20-3/h6-8H,5,9-10H2,1-4H3. The zero-order chi connectivity index (χ0) is 15.8. The van der Waals surface area contributed by atoms with Crippen molar-refractivity contribution < 1.29 is 23.8 Å². The third kappa shape index (κ3) is 4.66. The summed E-state index contributed by atoms with van der Waals surface area (Å²) in [6, 6.07) is 5.30. The molecule has 1 aromatic carbocycles. The Kier molecular flexibility index (Phi) is 6.52. The Morgan fingerprint density at radius 1 is 1.10 bits per heavy atom. The Hall–Kier alpha value is -2.24. The summed E-state index contributed by atoms with van der Waals surface area (Å²) >= 11 is 0. The van der Waals surface area contributed by atoms with Gasteiger partial charge in [-0.25, -0.2) is 0 Å². The molecule has 6 heteroatoms. The van der Waals surface area contributed by atoms with E-state index in [4.69, 9.17) is 9.47 Å². The lowest BCUT2D eigenvalue weighted by Crippen LogP contribution is -2.37.